The summed E-state index contributed by atoms with van der Waals surface area (Å²) in [5, 5.41) is 0. The molecule has 4 aromatic rings. The lowest BCUT2D eigenvalue weighted by atomic mass is 10.2. The van der Waals surface area contributed by atoms with Crippen LogP contribution in [0.15, 0.2) is 60.9 Å². The predicted molar refractivity (Wildman–Crippen MR) is 104 cm³/mol. The van der Waals surface area contributed by atoms with Crippen LogP contribution in [0.3, 0.4) is 0 Å². The third-order valence-electron chi connectivity index (χ3n) is 5.19. The first-order valence-electron chi connectivity index (χ1n) is 9.21. The maximum Gasteiger partial charge on any atom is 0.163 e. The average Bonchev–Trinajstić information content (AvgIpc) is 3.20. The molecule has 0 atom stereocenters. The van der Waals surface area contributed by atoms with Crippen molar-refractivity contribution in [2.45, 2.75) is 6.54 Å². The van der Waals surface area contributed by atoms with E-state index in [0.29, 0.717) is 0 Å². The minimum Gasteiger partial charge on any atom is -0.352 e. The van der Waals surface area contributed by atoms with Gasteiger partial charge in [0, 0.05) is 45.1 Å². The van der Waals surface area contributed by atoms with E-state index in [1.54, 1.807) is 6.20 Å². The molecule has 5 nitrogen and oxygen atoms in total. The van der Waals surface area contributed by atoms with Crippen LogP contribution in [0.5, 0.6) is 0 Å². The zero-order chi connectivity index (χ0) is 18.2. The number of rotatable bonds is 3. The van der Waals surface area contributed by atoms with Gasteiger partial charge in [-0.3, -0.25) is 9.30 Å². The van der Waals surface area contributed by atoms with Gasteiger partial charge in [-0.05, 0) is 42.0 Å². The molecule has 136 valence electrons. The standard InChI is InChI=1S/C21H20FN5/c22-17-7-5-16(6-8-17)15-25-11-13-26(14-12-25)21-19-4-2-10-27(19)20-18(24-21)3-1-9-23-20/h1-10H,11-15H2. The van der Waals surface area contributed by atoms with E-state index in [-0.39, 0.29) is 5.82 Å². The van der Waals surface area contributed by atoms with Crippen LogP contribution in [0.4, 0.5) is 10.2 Å². The SMILES string of the molecule is Fc1ccc(CN2CCN(c3nc4cccnc4n4cccc34)CC2)cc1. The van der Waals surface area contributed by atoms with Gasteiger partial charge in [-0.2, -0.15) is 0 Å². The summed E-state index contributed by atoms with van der Waals surface area (Å²) in [5.41, 5.74) is 4.03. The van der Waals surface area contributed by atoms with Crippen LogP contribution in [0, 0.1) is 5.82 Å². The van der Waals surface area contributed by atoms with E-state index in [0.717, 1.165) is 60.8 Å². The summed E-state index contributed by atoms with van der Waals surface area (Å²) in [6.07, 6.45) is 3.85. The summed E-state index contributed by atoms with van der Waals surface area (Å²) in [5.74, 6) is 0.832. The number of hydrogen-bond acceptors (Lipinski definition) is 4. The molecule has 0 saturated carbocycles. The van der Waals surface area contributed by atoms with Gasteiger partial charge in [-0.1, -0.05) is 12.1 Å². The van der Waals surface area contributed by atoms with Gasteiger partial charge in [0.25, 0.3) is 0 Å². The fourth-order valence-electron chi connectivity index (χ4n) is 3.78. The Kier molecular flexibility index (Phi) is 3.98. The molecule has 1 aliphatic heterocycles. The smallest absolute Gasteiger partial charge is 0.163 e. The number of nitrogens with zero attached hydrogens (tertiary/aromatic N) is 5. The van der Waals surface area contributed by atoms with Crippen molar-refractivity contribution in [1.29, 1.82) is 0 Å². The fraction of sp³-hybridized carbons (Fsp3) is 0.238. The average molecular weight is 361 g/mol. The Labute approximate surface area is 156 Å². The summed E-state index contributed by atoms with van der Waals surface area (Å²) in [6.45, 7) is 4.60. The van der Waals surface area contributed by atoms with Crippen LogP contribution in [0.25, 0.3) is 16.7 Å². The lowest BCUT2D eigenvalue weighted by molar-refractivity contribution is 0.249. The van der Waals surface area contributed by atoms with E-state index >= 15 is 0 Å². The van der Waals surface area contributed by atoms with Gasteiger partial charge >= 0.3 is 0 Å². The Morgan fingerprint density at radius 3 is 2.56 bits per heavy atom. The molecule has 1 aliphatic rings. The Hall–Kier alpha value is -2.99. The molecule has 27 heavy (non-hydrogen) atoms. The number of aromatic nitrogens is 3. The number of pyridine rings is 1. The van der Waals surface area contributed by atoms with Crippen LogP contribution >= 0.6 is 0 Å². The monoisotopic (exact) mass is 361 g/mol. The normalized spacial score (nSPS) is 15.7. The number of hydrogen-bond donors (Lipinski definition) is 0. The van der Waals surface area contributed by atoms with E-state index in [9.17, 15) is 4.39 Å². The molecule has 6 heteroatoms. The highest BCUT2D eigenvalue weighted by Crippen LogP contribution is 2.25. The van der Waals surface area contributed by atoms with Crippen molar-refractivity contribution in [3.8, 4) is 0 Å². The van der Waals surface area contributed by atoms with Gasteiger partial charge in [-0.15, -0.1) is 0 Å². The molecule has 3 aromatic heterocycles. The molecule has 0 bridgehead atoms. The van der Waals surface area contributed by atoms with Gasteiger partial charge in [0.15, 0.2) is 11.5 Å². The van der Waals surface area contributed by atoms with E-state index < -0.39 is 0 Å². The highest BCUT2D eigenvalue weighted by atomic mass is 19.1. The predicted octanol–water partition coefficient (Wildman–Crippen LogP) is 3.34. The van der Waals surface area contributed by atoms with Crippen LogP contribution in [0.1, 0.15) is 5.56 Å². The first-order valence-corrected chi connectivity index (χ1v) is 9.21. The third-order valence-corrected chi connectivity index (χ3v) is 5.19. The molecule has 0 N–H and O–H groups in total. The second kappa shape index (κ2) is 6.63. The third kappa shape index (κ3) is 3.02. The molecule has 5 rings (SSSR count). The van der Waals surface area contributed by atoms with Crippen molar-refractivity contribution in [2.75, 3.05) is 31.1 Å². The fourth-order valence-corrected chi connectivity index (χ4v) is 3.78. The molecule has 0 radical (unpaired) electrons. The molecular formula is C21H20FN5. The minimum absolute atomic E-state index is 0.184. The summed E-state index contributed by atoms with van der Waals surface area (Å²) in [6, 6.07) is 14.9. The van der Waals surface area contributed by atoms with Crippen LogP contribution in [0.2, 0.25) is 0 Å². The largest absolute Gasteiger partial charge is 0.352 e. The summed E-state index contributed by atoms with van der Waals surface area (Å²) >= 11 is 0. The number of fused-ring (bicyclic) bond motifs is 3. The van der Waals surface area contributed by atoms with Crippen LogP contribution in [-0.2, 0) is 6.54 Å². The van der Waals surface area contributed by atoms with Gasteiger partial charge in [-0.25, -0.2) is 14.4 Å². The Balaban J connectivity index is 1.37. The van der Waals surface area contributed by atoms with Crippen molar-refractivity contribution in [3.05, 3.63) is 72.3 Å². The molecule has 4 heterocycles. The maximum atomic E-state index is 13.1. The van der Waals surface area contributed by atoms with Gasteiger partial charge in [0.2, 0.25) is 0 Å². The molecule has 0 aliphatic carbocycles. The van der Waals surface area contributed by atoms with Crippen molar-refractivity contribution >= 4 is 22.5 Å². The Bertz CT molecular complexity index is 1080. The topological polar surface area (TPSA) is 36.7 Å². The maximum absolute atomic E-state index is 13.1. The lowest BCUT2D eigenvalue weighted by Crippen LogP contribution is -2.46. The van der Waals surface area contributed by atoms with Crippen molar-refractivity contribution in [3.63, 3.8) is 0 Å². The second-order valence-electron chi connectivity index (χ2n) is 6.93. The summed E-state index contributed by atoms with van der Waals surface area (Å²) in [7, 11) is 0. The molecule has 1 fully saturated rings. The van der Waals surface area contributed by atoms with E-state index in [1.165, 1.54) is 12.1 Å². The van der Waals surface area contributed by atoms with Gasteiger partial charge in [0.1, 0.15) is 11.3 Å². The molecule has 0 unspecified atom stereocenters. The summed E-state index contributed by atoms with van der Waals surface area (Å²) in [4.78, 5) is 14.1. The zero-order valence-electron chi connectivity index (χ0n) is 14.9. The lowest BCUT2D eigenvalue weighted by Gasteiger charge is -2.35. The highest BCUT2D eigenvalue weighted by Gasteiger charge is 2.21. The van der Waals surface area contributed by atoms with Crippen LogP contribution < -0.4 is 4.90 Å². The van der Waals surface area contributed by atoms with E-state index in [2.05, 4.69) is 25.3 Å². The first kappa shape index (κ1) is 16.2. The van der Waals surface area contributed by atoms with Crippen molar-refractivity contribution in [1.82, 2.24) is 19.3 Å². The Morgan fingerprint density at radius 1 is 0.926 bits per heavy atom. The highest BCUT2D eigenvalue weighted by molar-refractivity contribution is 5.82. The number of anilines is 1. The Morgan fingerprint density at radius 2 is 1.74 bits per heavy atom. The quantitative estimate of drug-likeness (QED) is 0.561. The van der Waals surface area contributed by atoms with Crippen LogP contribution in [-0.4, -0.2) is 45.4 Å². The molecule has 1 saturated heterocycles. The first-order chi connectivity index (χ1) is 13.3. The zero-order valence-corrected chi connectivity index (χ0v) is 14.9. The molecule has 0 spiro atoms. The molecule has 1 aromatic carbocycles. The van der Waals surface area contributed by atoms with Crippen molar-refractivity contribution in [2.24, 2.45) is 0 Å². The number of halogens is 1. The van der Waals surface area contributed by atoms with Gasteiger partial charge in [0.05, 0.1) is 5.52 Å². The molecular weight excluding hydrogens is 341 g/mol. The van der Waals surface area contributed by atoms with E-state index in [4.69, 9.17) is 4.98 Å². The van der Waals surface area contributed by atoms with Crippen molar-refractivity contribution < 1.29 is 4.39 Å². The number of benzene rings is 1. The van der Waals surface area contributed by atoms with Gasteiger partial charge < -0.3 is 4.90 Å². The number of piperazine rings is 1. The van der Waals surface area contributed by atoms with E-state index in [1.807, 2.05) is 36.5 Å². The second-order valence-corrected chi connectivity index (χ2v) is 6.93. The molecule has 0 amide bonds. The summed E-state index contributed by atoms with van der Waals surface area (Å²) < 4.78 is 15.2. The minimum atomic E-state index is -0.184.